The molecule has 0 amide bonds. The second kappa shape index (κ2) is 4.17. The molecule has 2 aliphatic rings. The van der Waals surface area contributed by atoms with Crippen molar-refractivity contribution in [3.05, 3.63) is 0 Å². The van der Waals surface area contributed by atoms with E-state index in [2.05, 4.69) is 11.8 Å². The summed E-state index contributed by atoms with van der Waals surface area (Å²) >= 11 is 0. The predicted molar refractivity (Wildman–Crippen MR) is 57.0 cm³/mol. The van der Waals surface area contributed by atoms with E-state index < -0.39 is 0 Å². The maximum absolute atomic E-state index is 9.66. The largest absolute Gasteiger partial charge is 0.392 e. The van der Waals surface area contributed by atoms with Crippen molar-refractivity contribution < 1.29 is 5.11 Å². The highest BCUT2D eigenvalue weighted by Gasteiger charge is 2.35. The summed E-state index contributed by atoms with van der Waals surface area (Å²) in [4.78, 5) is 2.44. The van der Waals surface area contributed by atoms with Crippen LogP contribution in [0.25, 0.3) is 0 Å². The molecule has 1 saturated carbocycles. The molecule has 0 bridgehead atoms. The molecule has 0 aromatic rings. The molecular weight excluding hydrogens is 176 g/mol. The zero-order chi connectivity index (χ0) is 10.1. The monoisotopic (exact) mass is 198 g/mol. The van der Waals surface area contributed by atoms with E-state index in [1.807, 2.05) is 0 Å². The number of aliphatic hydroxyl groups excluding tert-OH is 1. The Morgan fingerprint density at radius 1 is 1.21 bits per heavy atom. The molecule has 1 saturated heterocycles. The number of hydrogen-bond donors (Lipinski definition) is 2. The van der Waals surface area contributed by atoms with E-state index >= 15 is 0 Å². The highest BCUT2D eigenvalue weighted by Crippen LogP contribution is 2.28. The van der Waals surface area contributed by atoms with Crippen LogP contribution in [0.1, 0.15) is 39.0 Å². The van der Waals surface area contributed by atoms with Crippen LogP contribution < -0.4 is 5.73 Å². The van der Waals surface area contributed by atoms with E-state index in [1.165, 1.54) is 12.8 Å². The molecule has 1 heterocycles. The second-order valence-corrected chi connectivity index (χ2v) is 4.94. The predicted octanol–water partition coefficient (Wildman–Crippen LogP) is 0.711. The number of β-amino-alcohol motifs (C(OH)–C–C–N with tert-alkyl or cyclic N) is 1. The van der Waals surface area contributed by atoms with Crippen LogP contribution in [0.2, 0.25) is 0 Å². The summed E-state index contributed by atoms with van der Waals surface area (Å²) < 4.78 is 0. The number of piperidine rings is 1. The van der Waals surface area contributed by atoms with Gasteiger partial charge in [0.25, 0.3) is 0 Å². The topological polar surface area (TPSA) is 49.5 Å². The average molecular weight is 198 g/mol. The van der Waals surface area contributed by atoms with E-state index in [1.54, 1.807) is 0 Å². The Bertz CT molecular complexity index is 198. The van der Waals surface area contributed by atoms with Crippen molar-refractivity contribution in [1.29, 1.82) is 0 Å². The van der Waals surface area contributed by atoms with Crippen molar-refractivity contribution in [2.24, 2.45) is 5.73 Å². The number of aliphatic hydroxyl groups is 1. The molecule has 0 aromatic carbocycles. The summed E-state index contributed by atoms with van der Waals surface area (Å²) in [5.41, 5.74) is 6.09. The zero-order valence-electron chi connectivity index (χ0n) is 9.02. The lowest BCUT2D eigenvalue weighted by Crippen LogP contribution is -2.53. The lowest BCUT2D eigenvalue weighted by Gasteiger charge is -2.41. The lowest BCUT2D eigenvalue weighted by molar-refractivity contribution is 0.0126. The maximum atomic E-state index is 9.66. The second-order valence-electron chi connectivity index (χ2n) is 4.94. The third kappa shape index (κ3) is 1.95. The SMILES string of the molecule is C[C@@H]1CC[C@@H](O)CN1C1CCCC1N. The summed E-state index contributed by atoms with van der Waals surface area (Å²) in [7, 11) is 0. The molecule has 1 aliphatic carbocycles. The van der Waals surface area contributed by atoms with Gasteiger partial charge in [0, 0.05) is 24.7 Å². The molecule has 0 aromatic heterocycles. The molecule has 1 aliphatic heterocycles. The van der Waals surface area contributed by atoms with E-state index in [9.17, 15) is 5.11 Å². The van der Waals surface area contributed by atoms with Crippen LogP contribution in [0.4, 0.5) is 0 Å². The molecule has 2 fully saturated rings. The number of nitrogens with zero attached hydrogens (tertiary/aromatic N) is 1. The van der Waals surface area contributed by atoms with Gasteiger partial charge in [-0.25, -0.2) is 0 Å². The number of nitrogens with two attached hydrogens (primary N) is 1. The number of rotatable bonds is 1. The minimum Gasteiger partial charge on any atom is -0.392 e. The van der Waals surface area contributed by atoms with Crippen molar-refractivity contribution in [3.63, 3.8) is 0 Å². The molecule has 3 N–H and O–H groups in total. The first-order chi connectivity index (χ1) is 6.68. The Morgan fingerprint density at radius 2 is 2.00 bits per heavy atom. The molecular formula is C11H22N2O. The summed E-state index contributed by atoms with van der Waals surface area (Å²) in [5, 5.41) is 9.66. The molecule has 4 atom stereocenters. The lowest BCUT2D eigenvalue weighted by atomic mass is 9.97. The van der Waals surface area contributed by atoms with Gasteiger partial charge in [-0.1, -0.05) is 6.42 Å². The standard InChI is InChI=1S/C11H22N2O/c1-8-5-6-9(14)7-13(8)11-4-2-3-10(11)12/h8-11,14H,2-7,12H2,1H3/t8-,9-,10?,11?/m1/s1. The minimum atomic E-state index is -0.126. The quantitative estimate of drug-likeness (QED) is 0.652. The first-order valence-electron chi connectivity index (χ1n) is 5.88. The van der Waals surface area contributed by atoms with Crippen LogP contribution in [0.3, 0.4) is 0 Å². The van der Waals surface area contributed by atoms with Gasteiger partial charge in [0.05, 0.1) is 6.10 Å². The molecule has 3 nitrogen and oxygen atoms in total. The van der Waals surface area contributed by atoms with Crippen LogP contribution in [0.5, 0.6) is 0 Å². The highest BCUT2D eigenvalue weighted by atomic mass is 16.3. The van der Waals surface area contributed by atoms with Gasteiger partial charge in [-0.2, -0.15) is 0 Å². The Morgan fingerprint density at radius 3 is 2.64 bits per heavy atom. The Kier molecular flexibility index (Phi) is 3.10. The maximum Gasteiger partial charge on any atom is 0.0668 e. The van der Waals surface area contributed by atoms with Crippen LogP contribution >= 0.6 is 0 Å². The van der Waals surface area contributed by atoms with Gasteiger partial charge < -0.3 is 10.8 Å². The van der Waals surface area contributed by atoms with Crippen LogP contribution in [0.15, 0.2) is 0 Å². The fourth-order valence-corrected chi connectivity index (χ4v) is 2.96. The Labute approximate surface area is 86.3 Å². The van der Waals surface area contributed by atoms with Crippen molar-refractivity contribution in [2.75, 3.05) is 6.54 Å². The zero-order valence-corrected chi connectivity index (χ0v) is 9.02. The number of likely N-dealkylation sites (tertiary alicyclic amines) is 1. The average Bonchev–Trinajstić information content (AvgIpc) is 2.56. The Hall–Kier alpha value is -0.120. The fourth-order valence-electron chi connectivity index (χ4n) is 2.96. The molecule has 2 unspecified atom stereocenters. The van der Waals surface area contributed by atoms with E-state index in [0.29, 0.717) is 18.1 Å². The van der Waals surface area contributed by atoms with Crippen LogP contribution in [-0.2, 0) is 0 Å². The van der Waals surface area contributed by atoms with Crippen LogP contribution in [-0.4, -0.2) is 40.8 Å². The summed E-state index contributed by atoms with van der Waals surface area (Å²) in [5.74, 6) is 0. The van der Waals surface area contributed by atoms with Gasteiger partial charge in [-0.15, -0.1) is 0 Å². The van der Waals surface area contributed by atoms with Crippen molar-refractivity contribution >= 4 is 0 Å². The number of hydrogen-bond acceptors (Lipinski definition) is 3. The molecule has 0 radical (unpaired) electrons. The van der Waals surface area contributed by atoms with E-state index in [0.717, 1.165) is 25.8 Å². The van der Waals surface area contributed by atoms with Crippen molar-refractivity contribution in [1.82, 2.24) is 4.90 Å². The summed E-state index contributed by atoms with van der Waals surface area (Å²) in [6, 6.07) is 1.47. The molecule has 3 heteroatoms. The third-order valence-electron chi connectivity index (χ3n) is 3.86. The van der Waals surface area contributed by atoms with Gasteiger partial charge in [-0.3, -0.25) is 4.90 Å². The Balaban J connectivity index is 2.00. The smallest absolute Gasteiger partial charge is 0.0668 e. The molecule has 0 spiro atoms. The first kappa shape index (κ1) is 10.4. The van der Waals surface area contributed by atoms with Gasteiger partial charge >= 0.3 is 0 Å². The molecule has 14 heavy (non-hydrogen) atoms. The van der Waals surface area contributed by atoms with Crippen LogP contribution in [0, 0.1) is 0 Å². The van der Waals surface area contributed by atoms with Crippen molar-refractivity contribution in [3.8, 4) is 0 Å². The molecule has 82 valence electrons. The van der Waals surface area contributed by atoms with Gasteiger partial charge in [0.15, 0.2) is 0 Å². The highest BCUT2D eigenvalue weighted by molar-refractivity contribution is 4.92. The van der Waals surface area contributed by atoms with E-state index in [4.69, 9.17) is 5.73 Å². The summed E-state index contributed by atoms with van der Waals surface area (Å²) in [6.45, 7) is 3.09. The van der Waals surface area contributed by atoms with Gasteiger partial charge in [-0.05, 0) is 32.6 Å². The first-order valence-corrected chi connectivity index (χ1v) is 5.88. The minimum absolute atomic E-state index is 0.126. The summed E-state index contributed by atoms with van der Waals surface area (Å²) in [6.07, 6.45) is 5.58. The normalized spacial score (nSPS) is 45.6. The third-order valence-corrected chi connectivity index (χ3v) is 3.86. The van der Waals surface area contributed by atoms with Gasteiger partial charge in [0.1, 0.15) is 0 Å². The van der Waals surface area contributed by atoms with E-state index in [-0.39, 0.29) is 6.10 Å². The fraction of sp³-hybridized carbons (Fsp3) is 1.00. The van der Waals surface area contributed by atoms with Crippen molar-refractivity contribution in [2.45, 2.75) is 63.3 Å². The van der Waals surface area contributed by atoms with Gasteiger partial charge in [0.2, 0.25) is 0 Å². The molecule has 2 rings (SSSR count).